The molecule has 1 nitrogen and oxygen atoms in total. The van der Waals surface area contributed by atoms with Crippen LogP contribution in [0.25, 0.3) is 0 Å². The molecule has 0 N–H and O–H groups in total. The van der Waals surface area contributed by atoms with Crippen LogP contribution in [-0.4, -0.2) is 6.61 Å². The molecule has 13 heavy (non-hydrogen) atoms. The summed E-state index contributed by atoms with van der Waals surface area (Å²) < 4.78 is 5.47. The van der Waals surface area contributed by atoms with Gasteiger partial charge in [0, 0.05) is 0 Å². The van der Waals surface area contributed by atoms with Crippen molar-refractivity contribution < 1.29 is 4.74 Å². The first-order valence-corrected chi connectivity index (χ1v) is 4.66. The largest absolute Gasteiger partial charge is 0.376 e. The Kier molecular flexibility index (Phi) is 4.95. The average molecular weight is 176 g/mol. The van der Waals surface area contributed by atoms with E-state index in [1.165, 1.54) is 5.56 Å². The smallest absolute Gasteiger partial charge is 0.0717 e. The van der Waals surface area contributed by atoms with Gasteiger partial charge in [-0.3, -0.25) is 0 Å². The average Bonchev–Trinajstić information content (AvgIpc) is 2.19. The molecular formula is C12H16O. The van der Waals surface area contributed by atoms with Crippen LogP contribution in [0.15, 0.2) is 42.5 Å². The highest BCUT2D eigenvalue weighted by Gasteiger charge is 1.89. The van der Waals surface area contributed by atoms with Crippen molar-refractivity contribution in [3.05, 3.63) is 48.0 Å². The molecule has 0 aromatic heterocycles. The minimum atomic E-state index is 0.721. The standard InChI is InChI=1S/C12H16O/c1-2-3-7-10-13-11-12-8-5-4-6-9-12/h2-6,8-9H,7,10-11H2,1H3. The summed E-state index contributed by atoms with van der Waals surface area (Å²) in [6.07, 6.45) is 5.17. The molecule has 0 spiro atoms. The van der Waals surface area contributed by atoms with E-state index in [-0.39, 0.29) is 0 Å². The number of ether oxygens (including phenoxy) is 1. The number of benzene rings is 1. The van der Waals surface area contributed by atoms with E-state index in [1.54, 1.807) is 0 Å². The van der Waals surface area contributed by atoms with Crippen LogP contribution in [0.4, 0.5) is 0 Å². The van der Waals surface area contributed by atoms with Gasteiger partial charge in [-0.25, -0.2) is 0 Å². The van der Waals surface area contributed by atoms with Crippen LogP contribution in [0.1, 0.15) is 18.9 Å². The molecule has 0 amide bonds. The molecule has 0 radical (unpaired) electrons. The third-order valence-corrected chi connectivity index (χ3v) is 1.78. The highest BCUT2D eigenvalue weighted by molar-refractivity contribution is 5.13. The first kappa shape index (κ1) is 10.0. The van der Waals surface area contributed by atoms with Crippen molar-refractivity contribution in [3.8, 4) is 0 Å². The molecule has 0 heterocycles. The molecule has 0 fully saturated rings. The molecule has 0 bridgehead atoms. The van der Waals surface area contributed by atoms with Crippen molar-refractivity contribution in [2.24, 2.45) is 0 Å². The number of rotatable bonds is 5. The van der Waals surface area contributed by atoms with Gasteiger partial charge in [-0.05, 0) is 18.9 Å². The zero-order chi connectivity index (χ0) is 9.36. The topological polar surface area (TPSA) is 9.23 Å². The van der Waals surface area contributed by atoms with E-state index < -0.39 is 0 Å². The lowest BCUT2D eigenvalue weighted by molar-refractivity contribution is 0.125. The molecule has 70 valence electrons. The Morgan fingerprint density at radius 3 is 2.69 bits per heavy atom. The SMILES string of the molecule is CC=CCCOCc1ccccc1. The second-order valence-electron chi connectivity index (χ2n) is 2.90. The van der Waals surface area contributed by atoms with Crippen molar-refractivity contribution in [3.63, 3.8) is 0 Å². The van der Waals surface area contributed by atoms with E-state index in [4.69, 9.17) is 4.74 Å². The maximum atomic E-state index is 5.47. The molecule has 0 aliphatic heterocycles. The van der Waals surface area contributed by atoms with E-state index in [0.717, 1.165) is 19.6 Å². The van der Waals surface area contributed by atoms with Gasteiger partial charge < -0.3 is 4.74 Å². The Bertz CT molecular complexity index is 239. The molecule has 0 aliphatic carbocycles. The van der Waals surface area contributed by atoms with Crippen LogP contribution < -0.4 is 0 Å². The molecule has 0 aliphatic rings. The van der Waals surface area contributed by atoms with E-state index in [2.05, 4.69) is 18.2 Å². The summed E-state index contributed by atoms with van der Waals surface area (Å²) in [7, 11) is 0. The number of hydrogen-bond acceptors (Lipinski definition) is 1. The summed E-state index contributed by atoms with van der Waals surface area (Å²) in [5, 5.41) is 0. The van der Waals surface area contributed by atoms with Gasteiger partial charge in [0.2, 0.25) is 0 Å². The Hall–Kier alpha value is -1.08. The molecule has 0 saturated carbocycles. The zero-order valence-corrected chi connectivity index (χ0v) is 8.07. The minimum Gasteiger partial charge on any atom is -0.376 e. The van der Waals surface area contributed by atoms with Crippen LogP contribution in [0, 0.1) is 0 Å². The van der Waals surface area contributed by atoms with Crippen molar-refractivity contribution >= 4 is 0 Å². The summed E-state index contributed by atoms with van der Waals surface area (Å²) in [4.78, 5) is 0. The van der Waals surface area contributed by atoms with Crippen LogP contribution in [0.3, 0.4) is 0 Å². The number of hydrogen-bond donors (Lipinski definition) is 0. The van der Waals surface area contributed by atoms with Crippen molar-refractivity contribution in [2.75, 3.05) is 6.61 Å². The third-order valence-electron chi connectivity index (χ3n) is 1.78. The van der Waals surface area contributed by atoms with Crippen LogP contribution >= 0.6 is 0 Å². The Morgan fingerprint density at radius 1 is 1.23 bits per heavy atom. The lowest BCUT2D eigenvalue weighted by Gasteiger charge is -2.01. The Labute approximate surface area is 80.0 Å². The van der Waals surface area contributed by atoms with Crippen LogP contribution in [0.2, 0.25) is 0 Å². The van der Waals surface area contributed by atoms with Gasteiger partial charge in [0.15, 0.2) is 0 Å². The van der Waals surface area contributed by atoms with Gasteiger partial charge in [-0.15, -0.1) is 0 Å². The third kappa shape index (κ3) is 4.48. The summed E-state index contributed by atoms with van der Waals surface area (Å²) >= 11 is 0. The molecule has 1 heteroatoms. The van der Waals surface area contributed by atoms with Crippen molar-refractivity contribution in [1.82, 2.24) is 0 Å². The van der Waals surface area contributed by atoms with E-state index in [1.807, 2.05) is 31.2 Å². The van der Waals surface area contributed by atoms with Crippen LogP contribution in [0.5, 0.6) is 0 Å². The molecular weight excluding hydrogens is 160 g/mol. The monoisotopic (exact) mass is 176 g/mol. The second kappa shape index (κ2) is 6.44. The maximum Gasteiger partial charge on any atom is 0.0717 e. The van der Waals surface area contributed by atoms with Crippen LogP contribution in [-0.2, 0) is 11.3 Å². The predicted molar refractivity (Wildman–Crippen MR) is 55.5 cm³/mol. The first-order valence-electron chi connectivity index (χ1n) is 4.66. The summed E-state index contributed by atoms with van der Waals surface area (Å²) in [6.45, 7) is 3.55. The first-order chi connectivity index (χ1) is 6.43. The predicted octanol–water partition coefficient (Wildman–Crippen LogP) is 3.17. The normalized spacial score (nSPS) is 10.8. The fraction of sp³-hybridized carbons (Fsp3) is 0.333. The highest BCUT2D eigenvalue weighted by atomic mass is 16.5. The quantitative estimate of drug-likeness (QED) is 0.494. The van der Waals surface area contributed by atoms with E-state index >= 15 is 0 Å². The molecule has 0 atom stereocenters. The Balaban J connectivity index is 2.13. The van der Waals surface area contributed by atoms with Crippen molar-refractivity contribution in [1.29, 1.82) is 0 Å². The van der Waals surface area contributed by atoms with Gasteiger partial charge in [0.05, 0.1) is 13.2 Å². The Morgan fingerprint density at radius 2 is 2.00 bits per heavy atom. The lowest BCUT2D eigenvalue weighted by atomic mass is 10.2. The molecule has 1 aromatic rings. The maximum absolute atomic E-state index is 5.47. The molecule has 1 rings (SSSR count). The molecule has 1 aromatic carbocycles. The van der Waals surface area contributed by atoms with Crippen molar-refractivity contribution in [2.45, 2.75) is 20.0 Å². The van der Waals surface area contributed by atoms with Gasteiger partial charge in [0.1, 0.15) is 0 Å². The molecule has 0 saturated heterocycles. The highest BCUT2D eigenvalue weighted by Crippen LogP contribution is 2.00. The van der Waals surface area contributed by atoms with Gasteiger partial charge in [-0.2, -0.15) is 0 Å². The fourth-order valence-electron chi connectivity index (χ4n) is 1.08. The number of allylic oxidation sites excluding steroid dienone is 1. The molecule has 0 unspecified atom stereocenters. The van der Waals surface area contributed by atoms with Gasteiger partial charge in [-0.1, -0.05) is 42.5 Å². The zero-order valence-electron chi connectivity index (χ0n) is 8.07. The van der Waals surface area contributed by atoms with Gasteiger partial charge >= 0.3 is 0 Å². The summed E-state index contributed by atoms with van der Waals surface area (Å²) in [6, 6.07) is 10.2. The summed E-state index contributed by atoms with van der Waals surface area (Å²) in [5.41, 5.74) is 1.24. The summed E-state index contributed by atoms with van der Waals surface area (Å²) in [5.74, 6) is 0. The second-order valence-corrected chi connectivity index (χ2v) is 2.90. The van der Waals surface area contributed by atoms with E-state index in [0.29, 0.717) is 0 Å². The lowest BCUT2D eigenvalue weighted by Crippen LogP contribution is -1.93. The van der Waals surface area contributed by atoms with E-state index in [9.17, 15) is 0 Å². The minimum absolute atomic E-state index is 0.721. The fourth-order valence-corrected chi connectivity index (χ4v) is 1.08. The van der Waals surface area contributed by atoms with Gasteiger partial charge in [0.25, 0.3) is 0 Å².